The average molecular weight is 494 g/mol. The zero-order chi connectivity index (χ0) is 25.1. The Kier molecular flexibility index (Phi) is 7.72. The molecule has 0 bridgehead atoms. The molecule has 2 heterocycles. The lowest BCUT2D eigenvalue weighted by atomic mass is 9.99. The highest BCUT2D eigenvalue weighted by Crippen LogP contribution is 2.43. The van der Waals surface area contributed by atoms with Crippen molar-refractivity contribution >= 4 is 0 Å². The van der Waals surface area contributed by atoms with Crippen LogP contribution < -0.4 is 28.4 Å². The Morgan fingerprint density at radius 3 is 2.00 bits per heavy atom. The van der Waals surface area contributed by atoms with Crippen LogP contribution in [-0.4, -0.2) is 85.9 Å². The van der Waals surface area contributed by atoms with Crippen LogP contribution in [0.3, 0.4) is 0 Å². The monoisotopic (exact) mass is 494 g/mol. The maximum absolute atomic E-state index is 10.3. The van der Waals surface area contributed by atoms with Crippen LogP contribution in [0.4, 0.5) is 0 Å². The number of aryl methyl sites for hydroxylation is 2. The summed E-state index contributed by atoms with van der Waals surface area (Å²) in [6.07, 6.45) is -5.82. The quantitative estimate of drug-likeness (QED) is 0.384. The Morgan fingerprint density at radius 1 is 0.800 bits per heavy atom. The number of aliphatic hydroxyl groups excluding tert-OH is 4. The molecule has 2 aromatic carbocycles. The summed E-state index contributed by atoms with van der Waals surface area (Å²) in [6.45, 7) is -0.415. The van der Waals surface area contributed by atoms with Gasteiger partial charge < -0.3 is 53.6 Å². The van der Waals surface area contributed by atoms with Crippen LogP contribution in [0, 0.1) is 0 Å². The number of rotatable bonds is 9. The minimum absolute atomic E-state index is 0.146. The second-order valence-electron chi connectivity index (χ2n) is 8.18. The fourth-order valence-electron chi connectivity index (χ4n) is 4.09. The highest BCUT2D eigenvalue weighted by Gasteiger charge is 2.45. The van der Waals surface area contributed by atoms with Crippen molar-refractivity contribution in [3.8, 4) is 34.5 Å². The zero-order valence-electron chi connectivity index (χ0n) is 19.7. The highest BCUT2D eigenvalue weighted by molar-refractivity contribution is 5.56. The normalized spacial score (nSPS) is 25.3. The minimum atomic E-state index is -1.57. The molecule has 192 valence electrons. The average Bonchev–Trinajstić information content (AvgIpc) is 3.36. The molecule has 35 heavy (non-hydrogen) atoms. The first kappa shape index (κ1) is 25.1. The van der Waals surface area contributed by atoms with E-state index >= 15 is 0 Å². The van der Waals surface area contributed by atoms with Crippen molar-refractivity contribution in [1.82, 2.24) is 0 Å². The number of fused-ring (bicyclic) bond motifs is 1. The second kappa shape index (κ2) is 10.8. The molecule has 2 aliphatic heterocycles. The third-order valence-electron chi connectivity index (χ3n) is 6.02. The van der Waals surface area contributed by atoms with Gasteiger partial charge in [-0.3, -0.25) is 0 Å². The second-order valence-corrected chi connectivity index (χ2v) is 8.18. The molecule has 0 spiro atoms. The molecule has 1 saturated heterocycles. The highest BCUT2D eigenvalue weighted by atomic mass is 16.7. The molecular weight excluding hydrogens is 464 g/mol. The summed E-state index contributed by atoms with van der Waals surface area (Å²) in [5.41, 5.74) is 1.88. The summed E-state index contributed by atoms with van der Waals surface area (Å²) in [6, 6.07) is 7.35. The van der Waals surface area contributed by atoms with Crippen molar-refractivity contribution in [3.63, 3.8) is 0 Å². The SMILES string of the molecule is COc1cc(CCc2cc(OC)c(O[C@@H]3O[C@H](CO)[C@@H](O)[C@H](O)[C@H]3O)c(OC)c2)cc2c1OCO2. The Morgan fingerprint density at radius 2 is 1.40 bits per heavy atom. The maximum Gasteiger partial charge on any atom is 0.231 e. The maximum atomic E-state index is 10.3. The number of hydrogen-bond donors (Lipinski definition) is 4. The fraction of sp³-hybridized carbons (Fsp3) is 0.500. The van der Waals surface area contributed by atoms with E-state index in [4.69, 9.17) is 33.2 Å². The Bertz CT molecular complexity index is 1000. The van der Waals surface area contributed by atoms with E-state index in [2.05, 4.69) is 0 Å². The van der Waals surface area contributed by atoms with Gasteiger partial charge in [0.15, 0.2) is 23.0 Å². The summed E-state index contributed by atoms with van der Waals surface area (Å²) >= 11 is 0. The first-order valence-corrected chi connectivity index (χ1v) is 11.1. The van der Waals surface area contributed by atoms with E-state index in [0.717, 1.165) is 11.1 Å². The summed E-state index contributed by atoms with van der Waals surface area (Å²) in [7, 11) is 4.49. The Balaban J connectivity index is 1.54. The third-order valence-corrected chi connectivity index (χ3v) is 6.02. The number of benzene rings is 2. The molecule has 5 atom stereocenters. The van der Waals surface area contributed by atoms with Crippen LogP contribution in [0.1, 0.15) is 11.1 Å². The van der Waals surface area contributed by atoms with Crippen LogP contribution in [-0.2, 0) is 17.6 Å². The Hall–Kier alpha value is -2.96. The first-order valence-electron chi connectivity index (χ1n) is 11.1. The van der Waals surface area contributed by atoms with Gasteiger partial charge in [0.05, 0.1) is 27.9 Å². The summed E-state index contributed by atoms with van der Waals surface area (Å²) < 4.78 is 38.6. The van der Waals surface area contributed by atoms with Crippen molar-refractivity contribution in [2.45, 2.75) is 43.5 Å². The van der Waals surface area contributed by atoms with Gasteiger partial charge in [-0.15, -0.1) is 0 Å². The van der Waals surface area contributed by atoms with E-state index in [1.54, 1.807) is 19.2 Å². The third kappa shape index (κ3) is 5.04. The van der Waals surface area contributed by atoms with Crippen molar-refractivity contribution in [1.29, 1.82) is 0 Å². The van der Waals surface area contributed by atoms with Crippen molar-refractivity contribution in [2.75, 3.05) is 34.7 Å². The molecule has 0 amide bonds. The lowest BCUT2D eigenvalue weighted by molar-refractivity contribution is -0.277. The van der Waals surface area contributed by atoms with Gasteiger partial charge in [-0.2, -0.15) is 0 Å². The van der Waals surface area contributed by atoms with E-state index in [1.807, 2.05) is 12.1 Å². The van der Waals surface area contributed by atoms with Gasteiger partial charge in [0, 0.05) is 0 Å². The molecule has 0 aromatic heterocycles. The van der Waals surface area contributed by atoms with Crippen LogP contribution in [0.15, 0.2) is 24.3 Å². The smallest absolute Gasteiger partial charge is 0.231 e. The molecule has 2 aliphatic rings. The van der Waals surface area contributed by atoms with E-state index < -0.39 is 37.3 Å². The molecule has 4 rings (SSSR count). The van der Waals surface area contributed by atoms with Crippen molar-refractivity contribution in [3.05, 3.63) is 35.4 Å². The minimum Gasteiger partial charge on any atom is -0.493 e. The molecule has 2 aromatic rings. The molecule has 0 unspecified atom stereocenters. The van der Waals surface area contributed by atoms with Crippen LogP contribution in [0.2, 0.25) is 0 Å². The summed E-state index contributed by atoms with van der Waals surface area (Å²) in [5.74, 6) is 2.62. The molecule has 0 saturated carbocycles. The first-order chi connectivity index (χ1) is 16.9. The lowest BCUT2D eigenvalue weighted by Gasteiger charge is -2.39. The molecule has 0 aliphatic carbocycles. The van der Waals surface area contributed by atoms with Gasteiger partial charge in [-0.1, -0.05) is 0 Å². The van der Waals surface area contributed by atoms with E-state index in [9.17, 15) is 20.4 Å². The molecule has 4 N–H and O–H groups in total. The molecule has 11 nitrogen and oxygen atoms in total. The van der Waals surface area contributed by atoms with Gasteiger partial charge in [-0.05, 0) is 48.2 Å². The van der Waals surface area contributed by atoms with Crippen LogP contribution in [0.25, 0.3) is 0 Å². The lowest BCUT2D eigenvalue weighted by Crippen LogP contribution is -2.60. The molecule has 1 fully saturated rings. The predicted molar refractivity (Wildman–Crippen MR) is 120 cm³/mol. The van der Waals surface area contributed by atoms with Gasteiger partial charge >= 0.3 is 0 Å². The van der Waals surface area contributed by atoms with Crippen LogP contribution >= 0.6 is 0 Å². The van der Waals surface area contributed by atoms with E-state index in [0.29, 0.717) is 41.6 Å². The zero-order valence-corrected chi connectivity index (χ0v) is 19.7. The summed E-state index contributed by atoms with van der Waals surface area (Å²) in [5, 5.41) is 39.8. The van der Waals surface area contributed by atoms with Crippen LogP contribution in [0.5, 0.6) is 34.5 Å². The number of methoxy groups -OCH3 is 3. The Labute approximate surface area is 202 Å². The number of hydrogen-bond acceptors (Lipinski definition) is 11. The summed E-state index contributed by atoms with van der Waals surface area (Å²) in [4.78, 5) is 0. The van der Waals surface area contributed by atoms with E-state index in [-0.39, 0.29) is 12.5 Å². The number of ether oxygens (including phenoxy) is 7. The molecule has 11 heteroatoms. The number of aliphatic hydroxyl groups is 4. The largest absolute Gasteiger partial charge is 0.493 e. The van der Waals surface area contributed by atoms with Crippen molar-refractivity contribution in [2.24, 2.45) is 0 Å². The molecular formula is C24H30O11. The van der Waals surface area contributed by atoms with Gasteiger partial charge in [0.2, 0.25) is 24.6 Å². The molecule has 0 radical (unpaired) electrons. The standard InChI is InChI=1S/C24H30O11/c1-29-14-6-13(9-17-22(14)33-11-32-17)5-4-12-7-15(30-2)23(16(8-12)31-3)35-24-21(28)20(27)19(26)18(10-25)34-24/h6-9,18-21,24-28H,4-5,10-11H2,1-3H3/t18-,19-,20+,21-,24+/m1/s1. The topological polar surface area (TPSA) is 146 Å². The van der Waals surface area contributed by atoms with Gasteiger partial charge in [0.25, 0.3) is 0 Å². The van der Waals surface area contributed by atoms with Crippen molar-refractivity contribution < 1.29 is 53.6 Å². The fourth-order valence-corrected chi connectivity index (χ4v) is 4.09. The van der Waals surface area contributed by atoms with Gasteiger partial charge in [0.1, 0.15) is 24.4 Å². The van der Waals surface area contributed by atoms with Gasteiger partial charge in [-0.25, -0.2) is 0 Å². The van der Waals surface area contributed by atoms with E-state index in [1.165, 1.54) is 14.2 Å². The predicted octanol–water partition coefficient (Wildman–Crippen LogP) is 0.405.